The van der Waals surface area contributed by atoms with E-state index in [1.165, 1.54) is 25.3 Å². The van der Waals surface area contributed by atoms with Crippen LogP contribution in [0.5, 0.6) is 5.75 Å². The van der Waals surface area contributed by atoms with E-state index in [4.69, 9.17) is 4.74 Å². The van der Waals surface area contributed by atoms with Crippen molar-refractivity contribution in [2.24, 2.45) is 0 Å². The molecule has 2 aromatic rings. The van der Waals surface area contributed by atoms with Gasteiger partial charge in [-0.25, -0.2) is 4.39 Å². The average Bonchev–Trinajstić information content (AvgIpc) is 2.47. The summed E-state index contributed by atoms with van der Waals surface area (Å²) in [4.78, 5) is 12.0. The maximum atomic E-state index is 13.5. The zero-order valence-electron chi connectivity index (χ0n) is 10.8. The van der Waals surface area contributed by atoms with Crippen molar-refractivity contribution < 1.29 is 18.1 Å². The van der Waals surface area contributed by atoms with Crippen LogP contribution >= 0.6 is 0 Å². The van der Waals surface area contributed by atoms with Crippen LogP contribution in [0.3, 0.4) is 0 Å². The molecule has 20 heavy (non-hydrogen) atoms. The smallest absolute Gasteiger partial charge is 0.175 e. The van der Waals surface area contributed by atoms with Crippen molar-refractivity contribution in [3.05, 3.63) is 59.9 Å². The SMILES string of the molecule is COc1ccc(C(=O)CS(=O)c2ccccc2F)cc1. The fourth-order valence-corrected chi connectivity index (χ4v) is 2.76. The molecule has 0 saturated heterocycles. The first-order valence-electron chi connectivity index (χ1n) is 5.92. The Morgan fingerprint density at radius 3 is 2.40 bits per heavy atom. The molecule has 0 radical (unpaired) electrons. The molecule has 0 bridgehead atoms. The van der Waals surface area contributed by atoms with E-state index in [1.807, 2.05) is 0 Å². The van der Waals surface area contributed by atoms with Gasteiger partial charge >= 0.3 is 0 Å². The first-order valence-corrected chi connectivity index (χ1v) is 7.24. The van der Waals surface area contributed by atoms with E-state index >= 15 is 0 Å². The highest BCUT2D eigenvalue weighted by atomic mass is 32.2. The molecule has 0 fully saturated rings. The summed E-state index contributed by atoms with van der Waals surface area (Å²) in [5, 5.41) is 0. The fourth-order valence-electron chi connectivity index (χ4n) is 1.69. The number of hydrogen-bond donors (Lipinski definition) is 0. The topological polar surface area (TPSA) is 43.4 Å². The lowest BCUT2D eigenvalue weighted by molar-refractivity contribution is 0.102. The molecule has 0 amide bonds. The van der Waals surface area contributed by atoms with Gasteiger partial charge in [0.1, 0.15) is 11.6 Å². The summed E-state index contributed by atoms with van der Waals surface area (Å²) in [7, 11) is -0.157. The van der Waals surface area contributed by atoms with Crippen LogP contribution in [-0.2, 0) is 10.8 Å². The van der Waals surface area contributed by atoms with Crippen molar-refractivity contribution in [3.63, 3.8) is 0 Å². The number of halogens is 1. The van der Waals surface area contributed by atoms with Crippen LogP contribution in [0.1, 0.15) is 10.4 Å². The maximum absolute atomic E-state index is 13.5. The van der Waals surface area contributed by atoms with Gasteiger partial charge in [-0.05, 0) is 36.4 Å². The van der Waals surface area contributed by atoms with Gasteiger partial charge in [0, 0.05) is 5.56 Å². The quantitative estimate of drug-likeness (QED) is 0.796. The third-order valence-electron chi connectivity index (χ3n) is 2.76. The monoisotopic (exact) mass is 292 g/mol. The lowest BCUT2D eigenvalue weighted by Crippen LogP contribution is -2.12. The number of carbonyl (C=O) groups excluding carboxylic acids is 1. The third kappa shape index (κ3) is 3.30. The predicted molar refractivity (Wildman–Crippen MR) is 75.0 cm³/mol. The minimum Gasteiger partial charge on any atom is -0.497 e. The largest absolute Gasteiger partial charge is 0.497 e. The summed E-state index contributed by atoms with van der Waals surface area (Å²) >= 11 is 0. The van der Waals surface area contributed by atoms with Crippen molar-refractivity contribution >= 4 is 16.6 Å². The molecule has 2 rings (SSSR count). The van der Waals surface area contributed by atoms with E-state index in [9.17, 15) is 13.4 Å². The van der Waals surface area contributed by atoms with Crippen LogP contribution in [-0.4, -0.2) is 22.9 Å². The second-order valence-corrected chi connectivity index (χ2v) is 5.49. The summed E-state index contributed by atoms with van der Waals surface area (Å²) in [6, 6.07) is 12.3. The lowest BCUT2D eigenvalue weighted by atomic mass is 10.1. The average molecular weight is 292 g/mol. The number of hydrogen-bond acceptors (Lipinski definition) is 3. The normalized spacial score (nSPS) is 11.9. The number of Topliss-reactive ketones (excluding diaryl/α,β-unsaturated/α-hetero) is 1. The van der Waals surface area contributed by atoms with Gasteiger partial charge in [-0.15, -0.1) is 0 Å². The van der Waals surface area contributed by atoms with Gasteiger partial charge in [0.25, 0.3) is 0 Å². The van der Waals surface area contributed by atoms with E-state index in [2.05, 4.69) is 0 Å². The molecule has 1 atom stereocenters. The van der Waals surface area contributed by atoms with Gasteiger partial charge in [-0.2, -0.15) is 0 Å². The molecule has 1 unspecified atom stereocenters. The molecule has 0 N–H and O–H groups in total. The van der Waals surface area contributed by atoms with E-state index < -0.39 is 16.6 Å². The van der Waals surface area contributed by atoms with E-state index in [1.54, 1.807) is 30.3 Å². The Kier molecular flexibility index (Phi) is 4.63. The zero-order valence-corrected chi connectivity index (χ0v) is 11.7. The second-order valence-electron chi connectivity index (χ2n) is 4.07. The minimum absolute atomic E-state index is 0.0503. The van der Waals surface area contributed by atoms with E-state index in [0.29, 0.717) is 11.3 Å². The Hall–Kier alpha value is -2.01. The second kappa shape index (κ2) is 6.43. The Morgan fingerprint density at radius 1 is 1.15 bits per heavy atom. The van der Waals surface area contributed by atoms with Gasteiger partial charge in [0.15, 0.2) is 5.78 Å². The molecule has 2 aromatic carbocycles. The molecule has 0 aliphatic carbocycles. The molecule has 0 heterocycles. The van der Waals surface area contributed by atoms with Crippen molar-refractivity contribution in [2.45, 2.75) is 4.90 Å². The van der Waals surface area contributed by atoms with Crippen LogP contribution < -0.4 is 4.74 Å². The molecule has 0 aliphatic heterocycles. The first-order chi connectivity index (χ1) is 9.61. The van der Waals surface area contributed by atoms with Crippen LogP contribution in [0, 0.1) is 5.82 Å². The van der Waals surface area contributed by atoms with Gasteiger partial charge in [0.2, 0.25) is 0 Å². The third-order valence-corrected chi connectivity index (χ3v) is 4.10. The molecular formula is C15H13FO3S. The van der Waals surface area contributed by atoms with Gasteiger partial charge < -0.3 is 4.74 Å². The maximum Gasteiger partial charge on any atom is 0.175 e. The molecule has 0 spiro atoms. The fraction of sp³-hybridized carbons (Fsp3) is 0.133. The van der Waals surface area contributed by atoms with E-state index in [-0.39, 0.29) is 16.4 Å². The molecule has 104 valence electrons. The minimum atomic E-state index is -1.69. The van der Waals surface area contributed by atoms with E-state index in [0.717, 1.165) is 0 Å². The number of rotatable bonds is 5. The molecule has 0 aliphatic rings. The van der Waals surface area contributed by atoms with Crippen LogP contribution in [0.4, 0.5) is 4.39 Å². The Balaban J connectivity index is 2.11. The Labute approximate surface area is 118 Å². The number of methoxy groups -OCH3 is 1. The summed E-state index contributed by atoms with van der Waals surface area (Å²) < 4.78 is 30.5. The molecular weight excluding hydrogens is 279 g/mol. The predicted octanol–water partition coefficient (Wildman–Crippen LogP) is 2.82. The van der Waals surface area contributed by atoms with Crippen LogP contribution in [0.2, 0.25) is 0 Å². The molecule has 5 heteroatoms. The first kappa shape index (κ1) is 14.4. The standard InChI is InChI=1S/C15H13FO3S/c1-19-12-8-6-11(7-9-12)14(17)10-20(18)15-5-3-2-4-13(15)16/h2-9H,10H2,1H3. The van der Waals surface area contributed by atoms with Crippen LogP contribution in [0.25, 0.3) is 0 Å². The van der Waals surface area contributed by atoms with Crippen molar-refractivity contribution in [3.8, 4) is 5.75 Å². The summed E-state index contributed by atoms with van der Waals surface area (Å²) in [6.07, 6.45) is 0. The zero-order chi connectivity index (χ0) is 14.5. The van der Waals surface area contributed by atoms with Gasteiger partial charge in [-0.3, -0.25) is 9.00 Å². The lowest BCUT2D eigenvalue weighted by Gasteiger charge is -2.04. The summed E-state index contributed by atoms with van der Waals surface area (Å²) in [6.45, 7) is 0. The number of benzene rings is 2. The highest BCUT2D eigenvalue weighted by Crippen LogP contribution is 2.15. The number of ether oxygens (including phenoxy) is 1. The molecule has 0 saturated carbocycles. The van der Waals surface area contributed by atoms with Gasteiger partial charge in [-0.1, -0.05) is 12.1 Å². The highest BCUT2D eigenvalue weighted by Gasteiger charge is 2.15. The van der Waals surface area contributed by atoms with Crippen molar-refractivity contribution in [1.29, 1.82) is 0 Å². The Morgan fingerprint density at radius 2 is 1.80 bits per heavy atom. The van der Waals surface area contributed by atoms with Gasteiger partial charge in [0.05, 0.1) is 28.6 Å². The van der Waals surface area contributed by atoms with Crippen molar-refractivity contribution in [2.75, 3.05) is 12.9 Å². The highest BCUT2D eigenvalue weighted by molar-refractivity contribution is 7.85. The van der Waals surface area contributed by atoms with Crippen molar-refractivity contribution in [1.82, 2.24) is 0 Å². The molecule has 0 aromatic heterocycles. The summed E-state index contributed by atoms with van der Waals surface area (Å²) in [5.41, 5.74) is 0.426. The number of ketones is 1. The molecule has 3 nitrogen and oxygen atoms in total. The Bertz CT molecular complexity index is 638. The summed E-state index contributed by atoms with van der Waals surface area (Å²) in [5.74, 6) is -0.466. The van der Waals surface area contributed by atoms with Crippen LogP contribution in [0.15, 0.2) is 53.4 Å². The number of carbonyl (C=O) groups is 1.